The minimum Gasteiger partial charge on any atom is -0.369 e. The molecule has 0 amide bonds. The van der Waals surface area contributed by atoms with Crippen molar-refractivity contribution in [1.29, 1.82) is 0 Å². The van der Waals surface area contributed by atoms with Crippen LogP contribution in [0.5, 0.6) is 0 Å². The van der Waals surface area contributed by atoms with E-state index < -0.39 is 0 Å². The lowest BCUT2D eigenvalue weighted by atomic mass is 10.4. The number of aromatic amines is 1. The highest BCUT2D eigenvalue weighted by Crippen LogP contribution is 1.98. The zero-order valence-electron chi connectivity index (χ0n) is 5.10. The van der Waals surface area contributed by atoms with Crippen LogP contribution in [0, 0.1) is 0 Å². The van der Waals surface area contributed by atoms with Gasteiger partial charge >= 0.3 is 0 Å². The number of nitrogens with one attached hydrogen (secondary N) is 1. The largest absolute Gasteiger partial charge is 0.369 e. The van der Waals surface area contributed by atoms with Crippen LogP contribution in [0.3, 0.4) is 0 Å². The first-order valence-electron chi connectivity index (χ1n) is 2.64. The smallest absolute Gasteiger partial charge is 0.252 e. The Morgan fingerprint density at radius 2 is 2.50 bits per heavy atom. The summed E-state index contributed by atoms with van der Waals surface area (Å²) < 4.78 is 0. The van der Waals surface area contributed by atoms with Gasteiger partial charge in [0, 0.05) is 11.4 Å². The van der Waals surface area contributed by atoms with Crippen molar-refractivity contribution in [2.75, 3.05) is 5.73 Å². The molecule has 3 N–H and O–H groups in total. The number of hydrogen-bond acceptors (Lipinski definition) is 3. The van der Waals surface area contributed by atoms with E-state index in [-0.39, 0.29) is 11.5 Å². The van der Waals surface area contributed by atoms with Crippen LogP contribution in [0.15, 0.2) is 10.9 Å². The Bertz CT molecular complexity index is 282. The fourth-order valence-corrected chi connectivity index (χ4v) is 0.884. The number of anilines is 1. The number of aromatic nitrogens is 2. The molecule has 5 heteroatoms. The number of nitrogen functional groups attached to an aromatic ring is 1. The van der Waals surface area contributed by atoms with Crippen LogP contribution in [-0.2, 0) is 5.33 Å². The minimum absolute atomic E-state index is 0.155. The summed E-state index contributed by atoms with van der Waals surface area (Å²) in [6, 6.07) is 1.39. The van der Waals surface area contributed by atoms with Crippen LogP contribution in [0.25, 0.3) is 0 Å². The van der Waals surface area contributed by atoms with Gasteiger partial charge in [0.2, 0.25) is 5.95 Å². The zero-order valence-corrected chi connectivity index (χ0v) is 6.68. The van der Waals surface area contributed by atoms with Crippen molar-refractivity contribution >= 4 is 21.9 Å². The molecular formula is C5H6BrN3O. The van der Waals surface area contributed by atoms with Crippen molar-refractivity contribution in [3.05, 3.63) is 22.1 Å². The molecule has 4 nitrogen and oxygen atoms in total. The summed E-state index contributed by atoms with van der Waals surface area (Å²) in [5, 5.41) is 0.543. The van der Waals surface area contributed by atoms with E-state index in [0.717, 1.165) is 0 Å². The van der Waals surface area contributed by atoms with Crippen LogP contribution in [0.4, 0.5) is 5.95 Å². The molecule has 0 unspecified atom stereocenters. The van der Waals surface area contributed by atoms with Crippen molar-refractivity contribution in [3.63, 3.8) is 0 Å². The summed E-state index contributed by atoms with van der Waals surface area (Å²) in [6.07, 6.45) is 0. The Morgan fingerprint density at radius 1 is 1.80 bits per heavy atom. The van der Waals surface area contributed by atoms with Crippen LogP contribution < -0.4 is 11.3 Å². The Hall–Kier alpha value is -0.840. The summed E-state index contributed by atoms with van der Waals surface area (Å²) >= 11 is 3.15. The number of nitrogens with zero attached hydrogens (tertiary/aromatic N) is 1. The molecule has 54 valence electrons. The third kappa shape index (κ3) is 1.57. The van der Waals surface area contributed by atoms with Gasteiger partial charge in [0.25, 0.3) is 5.56 Å². The monoisotopic (exact) mass is 203 g/mol. The predicted octanol–water partition coefficient (Wildman–Crippen LogP) is 0.247. The van der Waals surface area contributed by atoms with Gasteiger partial charge in [-0.25, -0.2) is 4.98 Å². The van der Waals surface area contributed by atoms with Gasteiger partial charge in [0.05, 0.1) is 5.69 Å². The molecule has 0 spiro atoms. The van der Waals surface area contributed by atoms with E-state index in [2.05, 4.69) is 25.9 Å². The van der Waals surface area contributed by atoms with E-state index in [0.29, 0.717) is 11.0 Å². The number of rotatable bonds is 1. The molecule has 0 saturated carbocycles. The molecule has 1 aromatic rings. The van der Waals surface area contributed by atoms with E-state index in [1.54, 1.807) is 0 Å². The van der Waals surface area contributed by atoms with Gasteiger partial charge in [-0.15, -0.1) is 0 Å². The number of alkyl halides is 1. The topological polar surface area (TPSA) is 71.8 Å². The van der Waals surface area contributed by atoms with Crippen LogP contribution in [0.1, 0.15) is 5.69 Å². The Morgan fingerprint density at radius 3 is 3.00 bits per heavy atom. The molecule has 0 aliphatic carbocycles. The molecule has 0 bridgehead atoms. The van der Waals surface area contributed by atoms with Crippen molar-refractivity contribution in [2.24, 2.45) is 0 Å². The van der Waals surface area contributed by atoms with Gasteiger partial charge in [0.15, 0.2) is 0 Å². The lowest BCUT2D eigenvalue weighted by molar-refractivity contribution is 1.07. The molecule has 0 aliphatic heterocycles. The summed E-state index contributed by atoms with van der Waals surface area (Å²) in [7, 11) is 0. The number of H-pyrrole nitrogens is 1. The molecular weight excluding hydrogens is 198 g/mol. The highest BCUT2D eigenvalue weighted by molar-refractivity contribution is 9.08. The molecule has 0 aliphatic rings. The van der Waals surface area contributed by atoms with Crippen LogP contribution in [-0.4, -0.2) is 9.97 Å². The normalized spacial score (nSPS) is 9.70. The van der Waals surface area contributed by atoms with Crippen LogP contribution >= 0.6 is 15.9 Å². The first-order chi connectivity index (χ1) is 4.72. The maximum absolute atomic E-state index is 10.7. The van der Waals surface area contributed by atoms with Gasteiger partial charge in [0.1, 0.15) is 0 Å². The summed E-state index contributed by atoms with van der Waals surface area (Å²) in [4.78, 5) is 16.8. The number of hydrogen-bond donors (Lipinski definition) is 2. The molecule has 0 aromatic carbocycles. The van der Waals surface area contributed by atoms with Gasteiger partial charge in [-0.05, 0) is 0 Å². The SMILES string of the molecule is Nc1nc(CBr)cc(=O)[nH]1. The van der Waals surface area contributed by atoms with Gasteiger partial charge in [-0.3, -0.25) is 9.78 Å². The van der Waals surface area contributed by atoms with Crippen molar-refractivity contribution in [3.8, 4) is 0 Å². The van der Waals surface area contributed by atoms with E-state index >= 15 is 0 Å². The quantitative estimate of drug-likeness (QED) is 0.644. The van der Waals surface area contributed by atoms with E-state index in [9.17, 15) is 4.79 Å². The molecule has 1 heterocycles. The molecule has 0 radical (unpaired) electrons. The van der Waals surface area contributed by atoms with Crippen molar-refractivity contribution in [1.82, 2.24) is 9.97 Å². The van der Waals surface area contributed by atoms with Crippen molar-refractivity contribution < 1.29 is 0 Å². The molecule has 1 rings (SSSR count). The average Bonchev–Trinajstić information content (AvgIpc) is 1.85. The average molecular weight is 204 g/mol. The van der Waals surface area contributed by atoms with Gasteiger partial charge in [-0.2, -0.15) is 0 Å². The Balaban J connectivity index is 3.19. The lowest BCUT2D eigenvalue weighted by Crippen LogP contribution is -2.10. The maximum Gasteiger partial charge on any atom is 0.252 e. The second-order valence-electron chi connectivity index (χ2n) is 1.76. The summed E-state index contributed by atoms with van der Waals surface area (Å²) in [5.41, 5.74) is 5.67. The molecule has 0 fully saturated rings. The summed E-state index contributed by atoms with van der Waals surface area (Å²) in [5.74, 6) is 0.155. The Kier molecular flexibility index (Phi) is 2.06. The molecule has 0 saturated heterocycles. The van der Waals surface area contributed by atoms with Crippen LogP contribution in [0.2, 0.25) is 0 Å². The highest BCUT2D eigenvalue weighted by atomic mass is 79.9. The van der Waals surface area contributed by atoms with E-state index in [1.807, 2.05) is 0 Å². The third-order valence-electron chi connectivity index (χ3n) is 0.950. The van der Waals surface area contributed by atoms with E-state index in [4.69, 9.17) is 5.73 Å². The second kappa shape index (κ2) is 2.83. The van der Waals surface area contributed by atoms with Gasteiger partial charge < -0.3 is 5.73 Å². The Labute approximate surface area is 65.6 Å². The molecule has 1 aromatic heterocycles. The first-order valence-corrected chi connectivity index (χ1v) is 3.76. The lowest BCUT2D eigenvalue weighted by Gasteiger charge is -1.93. The molecule has 10 heavy (non-hydrogen) atoms. The standard InChI is InChI=1S/C5H6BrN3O/c6-2-3-1-4(10)9-5(7)8-3/h1H,2H2,(H3,7,8,9,10). The number of halogens is 1. The predicted molar refractivity (Wildman–Crippen MR) is 41.9 cm³/mol. The van der Waals surface area contributed by atoms with E-state index in [1.165, 1.54) is 6.07 Å². The highest BCUT2D eigenvalue weighted by Gasteiger charge is 1.94. The zero-order chi connectivity index (χ0) is 7.56. The van der Waals surface area contributed by atoms with Crippen molar-refractivity contribution in [2.45, 2.75) is 5.33 Å². The fourth-order valence-electron chi connectivity index (χ4n) is 0.597. The maximum atomic E-state index is 10.7. The minimum atomic E-state index is -0.220. The fraction of sp³-hybridized carbons (Fsp3) is 0.200. The first kappa shape index (κ1) is 7.27. The molecule has 0 atom stereocenters. The third-order valence-corrected chi connectivity index (χ3v) is 1.52. The van der Waals surface area contributed by atoms with Gasteiger partial charge in [-0.1, -0.05) is 15.9 Å². The number of nitrogens with two attached hydrogens (primary N) is 1. The second-order valence-corrected chi connectivity index (χ2v) is 2.32. The summed E-state index contributed by atoms with van der Waals surface area (Å²) in [6.45, 7) is 0.